The van der Waals surface area contributed by atoms with Gasteiger partial charge in [0.15, 0.2) is 0 Å². The second kappa shape index (κ2) is 5.46. The number of nitrogens with zero attached hydrogens (tertiary/aromatic N) is 1. The first-order chi connectivity index (χ1) is 7.79. The van der Waals surface area contributed by atoms with Crippen LogP contribution < -0.4 is 5.32 Å². The lowest BCUT2D eigenvalue weighted by molar-refractivity contribution is 0.194. The van der Waals surface area contributed by atoms with Gasteiger partial charge in [-0.3, -0.25) is 4.90 Å². The zero-order valence-electron chi connectivity index (χ0n) is 10.4. The van der Waals surface area contributed by atoms with Crippen LogP contribution in [-0.2, 0) is 6.54 Å². The van der Waals surface area contributed by atoms with Crippen molar-refractivity contribution in [3.8, 4) is 0 Å². The SMILES string of the molecule is CNC1CCN(Cc2ccccc2C)CC1. The summed E-state index contributed by atoms with van der Waals surface area (Å²) in [6.07, 6.45) is 2.56. The molecule has 1 saturated heterocycles. The van der Waals surface area contributed by atoms with E-state index < -0.39 is 0 Å². The second-order valence-corrected chi connectivity index (χ2v) is 4.77. The molecular formula is C14H22N2. The molecule has 0 saturated carbocycles. The molecule has 0 aliphatic carbocycles. The van der Waals surface area contributed by atoms with Crippen LogP contribution in [0.5, 0.6) is 0 Å². The molecule has 0 amide bonds. The predicted octanol–water partition coefficient (Wildman–Crippen LogP) is 2.18. The van der Waals surface area contributed by atoms with Crippen LogP contribution in [0, 0.1) is 6.92 Å². The fraction of sp³-hybridized carbons (Fsp3) is 0.571. The van der Waals surface area contributed by atoms with E-state index in [-0.39, 0.29) is 0 Å². The molecule has 0 aromatic heterocycles. The summed E-state index contributed by atoms with van der Waals surface area (Å²) >= 11 is 0. The standard InChI is InChI=1S/C14H22N2/c1-12-5-3-4-6-13(12)11-16-9-7-14(15-2)8-10-16/h3-6,14-15H,7-11H2,1-2H3. The van der Waals surface area contributed by atoms with Gasteiger partial charge in [-0.2, -0.15) is 0 Å². The van der Waals surface area contributed by atoms with E-state index in [0.29, 0.717) is 0 Å². The molecule has 16 heavy (non-hydrogen) atoms. The van der Waals surface area contributed by atoms with Crippen LogP contribution in [0.3, 0.4) is 0 Å². The van der Waals surface area contributed by atoms with Crippen LogP contribution in [0.1, 0.15) is 24.0 Å². The number of rotatable bonds is 3. The molecule has 0 atom stereocenters. The lowest BCUT2D eigenvalue weighted by atomic mass is 10.0. The Morgan fingerprint density at radius 3 is 2.56 bits per heavy atom. The van der Waals surface area contributed by atoms with Crippen molar-refractivity contribution in [3.05, 3.63) is 35.4 Å². The van der Waals surface area contributed by atoms with Crippen molar-refractivity contribution in [2.24, 2.45) is 0 Å². The van der Waals surface area contributed by atoms with E-state index in [0.717, 1.165) is 12.6 Å². The highest BCUT2D eigenvalue weighted by Gasteiger charge is 2.17. The first-order valence-electron chi connectivity index (χ1n) is 6.23. The largest absolute Gasteiger partial charge is 0.317 e. The number of hydrogen-bond acceptors (Lipinski definition) is 2. The zero-order valence-corrected chi connectivity index (χ0v) is 10.4. The van der Waals surface area contributed by atoms with Gasteiger partial charge in [-0.05, 0) is 51.0 Å². The number of aryl methyl sites for hydroxylation is 1. The van der Waals surface area contributed by atoms with E-state index in [1.54, 1.807) is 0 Å². The number of hydrogen-bond donors (Lipinski definition) is 1. The maximum Gasteiger partial charge on any atom is 0.0236 e. The summed E-state index contributed by atoms with van der Waals surface area (Å²) in [5, 5.41) is 3.37. The molecule has 2 heteroatoms. The van der Waals surface area contributed by atoms with Crippen molar-refractivity contribution in [1.82, 2.24) is 10.2 Å². The molecule has 1 N–H and O–H groups in total. The third kappa shape index (κ3) is 2.83. The van der Waals surface area contributed by atoms with E-state index in [4.69, 9.17) is 0 Å². The molecule has 1 aromatic rings. The molecule has 1 aromatic carbocycles. The molecular weight excluding hydrogens is 196 g/mol. The third-order valence-electron chi connectivity index (χ3n) is 3.65. The van der Waals surface area contributed by atoms with E-state index in [2.05, 4.69) is 48.5 Å². The minimum Gasteiger partial charge on any atom is -0.317 e. The minimum atomic E-state index is 0.730. The van der Waals surface area contributed by atoms with Gasteiger partial charge in [0.1, 0.15) is 0 Å². The van der Waals surface area contributed by atoms with Crippen LogP contribution in [0.25, 0.3) is 0 Å². The van der Waals surface area contributed by atoms with E-state index >= 15 is 0 Å². The summed E-state index contributed by atoms with van der Waals surface area (Å²) in [4.78, 5) is 2.57. The normalized spacial score (nSPS) is 18.9. The lowest BCUT2D eigenvalue weighted by Crippen LogP contribution is -2.40. The van der Waals surface area contributed by atoms with Crippen LogP contribution in [0.2, 0.25) is 0 Å². The Morgan fingerprint density at radius 1 is 1.25 bits per heavy atom. The maximum atomic E-state index is 3.37. The first kappa shape index (κ1) is 11.6. The topological polar surface area (TPSA) is 15.3 Å². The summed E-state index contributed by atoms with van der Waals surface area (Å²) in [6.45, 7) is 5.76. The number of likely N-dealkylation sites (tertiary alicyclic amines) is 1. The van der Waals surface area contributed by atoms with Crippen molar-refractivity contribution in [2.75, 3.05) is 20.1 Å². The fourth-order valence-electron chi connectivity index (χ4n) is 2.41. The van der Waals surface area contributed by atoms with Gasteiger partial charge in [0.2, 0.25) is 0 Å². The first-order valence-corrected chi connectivity index (χ1v) is 6.23. The Morgan fingerprint density at radius 2 is 1.94 bits per heavy atom. The number of piperidine rings is 1. The smallest absolute Gasteiger partial charge is 0.0236 e. The van der Waals surface area contributed by atoms with Crippen molar-refractivity contribution >= 4 is 0 Å². The predicted molar refractivity (Wildman–Crippen MR) is 68.5 cm³/mol. The van der Waals surface area contributed by atoms with Crippen LogP contribution in [0.4, 0.5) is 0 Å². The highest BCUT2D eigenvalue weighted by atomic mass is 15.1. The van der Waals surface area contributed by atoms with E-state index in [1.165, 1.54) is 37.1 Å². The maximum absolute atomic E-state index is 3.37. The van der Waals surface area contributed by atoms with Crippen LogP contribution in [-0.4, -0.2) is 31.1 Å². The summed E-state index contributed by atoms with van der Waals surface area (Å²) in [7, 11) is 2.07. The molecule has 1 heterocycles. The lowest BCUT2D eigenvalue weighted by Gasteiger charge is -2.32. The van der Waals surface area contributed by atoms with Crippen molar-refractivity contribution in [3.63, 3.8) is 0 Å². The molecule has 1 aliphatic rings. The second-order valence-electron chi connectivity index (χ2n) is 4.77. The van der Waals surface area contributed by atoms with Crippen molar-refractivity contribution < 1.29 is 0 Å². The van der Waals surface area contributed by atoms with Crippen LogP contribution in [0.15, 0.2) is 24.3 Å². The van der Waals surface area contributed by atoms with Gasteiger partial charge in [-0.25, -0.2) is 0 Å². The molecule has 0 unspecified atom stereocenters. The van der Waals surface area contributed by atoms with Gasteiger partial charge in [0, 0.05) is 12.6 Å². The Labute approximate surface area is 98.7 Å². The summed E-state index contributed by atoms with van der Waals surface area (Å²) < 4.78 is 0. The number of nitrogens with one attached hydrogen (secondary N) is 1. The van der Waals surface area contributed by atoms with Crippen LogP contribution >= 0.6 is 0 Å². The Balaban J connectivity index is 1.89. The molecule has 0 bridgehead atoms. The van der Waals surface area contributed by atoms with Gasteiger partial charge < -0.3 is 5.32 Å². The summed E-state index contributed by atoms with van der Waals surface area (Å²) in [5.41, 5.74) is 2.89. The Kier molecular flexibility index (Phi) is 3.97. The van der Waals surface area contributed by atoms with Gasteiger partial charge in [-0.15, -0.1) is 0 Å². The average molecular weight is 218 g/mol. The minimum absolute atomic E-state index is 0.730. The average Bonchev–Trinajstić information content (AvgIpc) is 2.33. The Bertz CT molecular complexity index is 327. The summed E-state index contributed by atoms with van der Waals surface area (Å²) in [5.74, 6) is 0. The van der Waals surface area contributed by atoms with Crippen molar-refractivity contribution in [1.29, 1.82) is 0 Å². The van der Waals surface area contributed by atoms with Crippen molar-refractivity contribution in [2.45, 2.75) is 32.4 Å². The fourth-order valence-corrected chi connectivity index (χ4v) is 2.41. The van der Waals surface area contributed by atoms with E-state index in [9.17, 15) is 0 Å². The molecule has 2 nitrogen and oxygen atoms in total. The monoisotopic (exact) mass is 218 g/mol. The highest BCUT2D eigenvalue weighted by molar-refractivity contribution is 5.25. The third-order valence-corrected chi connectivity index (χ3v) is 3.65. The van der Waals surface area contributed by atoms with Gasteiger partial charge >= 0.3 is 0 Å². The molecule has 0 spiro atoms. The molecule has 0 radical (unpaired) electrons. The molecule has 1 fully saturated rings. The summed E-state index contributed by atoms with van der Waals surface area (Å²) in [6, 6.07) is 9.44. The van der Waals surface area contributed by atoms with E-state index in [1.807, 2.05) is 0 Å². The van der Waals surface area contributed by atoms with Gasteiger partial charge in [-0.1, -0.05) is 24.3 Å². The quantitative estimate of drug-likeness (QED) is 0.836. The molecule has 2 rings (SSSR count). The Hall–Kier alpha value is -0.860. The number of benzene rings is 1. The van der Waals surface area contributed by atoms with Gasteiger partial charge in [0.25, 0.3) is 0 Å². The van der Waals surface area contributed by atoms with Gasteiger partial charge in [0.05, 0.1) is 0 Å². The molecule has 1 aliphatic heterocycles. The highest BCUT2D eigenvalue weighted by Crippen LogP contribution is 2.15. The zero-order chi connectivity index (χ0) is 11.4. The molecule has 88 valence electrons.